The van der Waals surface area contributed by atoms with E-state index in [0.717, 1.165) is 0 Å². The molecule has 0 aromatic heterocycles. The Hall–Kier alpha value is 12.4. The summed E-state index contributed by atoms with van der Waals surface area (Å²) in [6.45, 7) is 3.70. The fourth-order valence-corrected chi connectivity index (χ4v) is 20.2. The summed E-state index contributed by atoms with van der Waals surface area (Å²) in [6.07, 6.45) is 0. The van der Waals surface area contributed by atoms with Crippen LogP contribution in [0.4, 0.5) is 0 Å². The first-order chi connectivity index (χ1) is 21.0. The molecule has 0 spiro atoms. The molecule has 0 radical (unpaired) electrons. The third-order valence-electron chi connectivity index (χ3n) is 6.21. The van der Waals surface area contributed by atoms with Crippen LogP contribution in [0.3, 0.4) is 0 Å². The Morgan fingerprint density at radius 3 is 0.551 bits per heavy atom. The van der Waals surface area contributed by atoms with E-state index in [1.54, 1.807) is 0 Å². The molecule has 0 saturated carbocycles. The van der Waals surface area contributed by atoms with Crippen LogP contribution in [0.5, 0.6) is 0 Å². The van der Waals surface area contributed by atoms with Crippen LogP contribution in [0.1, 0.15) is 55.6 Å². The van der Waals surface area contributed by atoms with Crippen LogP contribution < -0.4 is 0 Å². The molecule has 27 heteroatoms. The maximum Gasteiger partial charge on any atom is 0.208 e. The first-order valence-corrected chi connectivity index (χ1v) is 33.0. The molecule has 0 unspecified atom stereocenters. The Bertz CT molecular complexity index is 1540. The summed E-state index contributed by atoms with van der Waals surface area (Å²) in [5.41, 5.74) is 4.14. The zero-order chi connectivity index (χ0) is 39.4. The van der Waals surface area contributed by atoms with Crippen LogP contribution in [0.2, 0.25) is 0 Å². The minimum absolute atomic E-state index is 0.160. The summed E-state index contributed by atoms with van der Waals surface area (Å²) in [4.78, 5) is -0.320. The van der Waals surface area contributed by atoms with E-state index in [-0.39, 0.29) is 32.0 Å². The highest BCUT2D eigenvalue weighted by atomic mass is 127. The highest BCUT2D eigenvalue weighted by Gasteiger charge is 2.54. The van der Waals surface area contributed by atoms with Crippen LogP contribution in [0, 0.1) is 13.8 Å². The second-order valence-electron chi connectivity index (χ2n) is 9.39. The Morgan fingerprint density at radius 1 is 0.327 bits per heavy atom. The van der Waals surface area contributed by atoms with Crippen molar-refractivity contribution in [2.45, 2.75) is 30.7 Å². The van der Waals surface area contributed by atoms with Crippen molar-refractivity contribution in [2.75, 3.05) is 0 Å². The summed E-state index contributed by atoms with van der Waals surface area (Å²) in [7, 11) is -4.80. The fourth-order valence-electron chi connectivity index (χ4n) is 4.84. The van der Waals surface area contributed by atoms with E-state index in [4.69, 9.17) is 92.8 Å². The third kappa shape index (κ3) is 14.2. The molecule has 0 saturated heterocycles. The topological polar surface area (TPSA) is 34.1 Å². The van der Waals surface area contributed by atoms with Crippen molar-refractivity contribution in [1.82, 2.24) is 0 Å². The number of hydrogen-bond donors (Lipinski definition) is 0. The second kappa shape index (κ2) is 20.3. The maximum atomic E-state index is 16.4. The average Bonchev–Trinajstić information content (AvgIpc) is 2.76. The molecule has 0 N–H and O–H groups in total. The van der Waals surface area contributed by atoms with Crippen LogP contribution in [0.15, 0.2) is 9.79 Å². The minimum Gasteiger partial charge on any atom is -0.218 e. The predicted molar refractivity (Wildman–Crippen MR) is 352 cm³/mol. The average molecular weight is 2650 g/mol. The lowest BCUT2D eigenvalue weighted by atomic mass is 9.94. The van der Waals surface area contributed by atoms with E-state index >= 15 is 8.42 Å². The summed E-state index contributed by atoms with van der Waals surface area (Å²) < 4.78 is 22.6. The number of sulfone groups is 1. The van der Waals surface area contributed by atoms with Gasteiger partial charge in [0.25, 0.3) is 0 Å². The van der Waals surface area contributed by atoms with Crippen molar-refractivity contribution >= 4 is 464 Å². The summed E-state index contributed by atoms with van der Waals surface area (Å²) in [5, 5.41) is 0. The lowest BCUT2D eigenvalue weighted by Gasteiger charge is -2.38. The van der Waals surface area contributed by atoms with E-state index in [1.807, 2.05) is 195 Å². The van der Waals surface area contributed by atoms with Gasteiger partial charge in [0.1, 0.15) is 0 Å². The highest BCUT2D eigenvalue weighted by Crippen LogP contribution is 2.67. The summed E-state index contributed by atoms with van der Waals surface area (Å²) >= 11 is 90.4. The summed E-state index contributed by atoms with van der Waals surface area (Å²) in [6, 6.07) is 0. The van der Waals surface area contributed by atoms with Gasteiger partial charge in [0, 0.05) is 44.5 Å². The van der Waals surface area contributed by atoms with Gasteiger partial charge in [-0.15, -0.1) is 0 Å². The third-order valence-corrected chi connectivity index (χ3v) is 18.2. The lowest BCUT2D eigenvalue weighted by Crippen LogP contribution is -2.30. The standard InChI is InChI=1S/C22H6Cl8I16O2S/c1-3-5(15(23,31)32)9(19(27,39)40)13(10(20(28,41)42)6(3)16(24,33)34)49(47,48)14-11(21(29,43)44)7(17(25,35)36)4(2)8(18(26,37)38)12(14)22(30,45)46/h1-2H3. The molecule has 0 aliphatic heterocycles. The van der Waals surface area contributed by atoms with Crippen molar-refractivity contribution in [3.8, 4) is 0 Å². The van der Waals surface area contributed by atoms with Crippen molar-refractivity contribution in [2.24, 2.45) is 0 Å². The van der Waals surface area contributed by atoms with Gasteiger partial charge in [0.05, 0.1) is 9.79 Å². The van der Waals surface area contributed by atoms with Crippen molar-refractivity contribution in [3.05, 3.63) is 55.6 Å². The van der Waals surface area contributed by atoms with E-state index in [1.165, 1.54) is 0 Å². The Labute approximate surface area is 543 Å². The molecule has 2 aromatic rings. The first kappa shape index (κ1) is 57.5. The lowest BCUT2D eigenvalue weighted by molar-refractivity contribution is 0.592. The zero-order valence-corrected chi connectivity index (χ0v) is 63.7. The Balaban J connectivity index is 3.98. The van der Waals surface area contributed by atoms with E-state index in [9.17, 15) is 0 Å². The van der Waals surface area contributed by atoms with Gasteiger partial charge >= 0.3 is 0 Å². The largest absolute Gasteiger partial charge is 0.218 e. The first-order valence-electron chi connectivity index (χ1n) is 11.3. The number of benzene rings is 2. The Morgan fingerprint density at radius 2 is 0.449 bits per heavy atom. The molecule has 0 amide bonds. The van der Waals surface area contributed by atoms with Gasteiger partial charge in [0.15, 0.2) is 7.10 Å². The van der Waals surface area contributed by atoms with Crippen molar-refractivity contribution in [3.63, 3.8) is 0 Å². The molecule has 0 atom stereocenters. The molecular formula is C22H6Cl8I16O2S. The zero-order valence-electron chi connectivity index (χ0n) is 22.3. The molecule has 280 valence electrons. The van der Waals surface area contributed by atoms with Crippen LogP contribution in [-0.2, 0) is 16.9 Å². The molecule has 0 aliphatic rings. The minimum atomic E-state index is -4.80. The molecule has 0 fully saturated rings. The monoisotopic (exact) mass is 2640 g/mol. The number of alkyl halides is 24. The fraction of sp³-hybridized carbons (Fsp3) is 0.455. The summed E-state index contributed by atoms with van der Waals surface area (Å²) in [5.74, 6) is 0. The van der Waals surface area contributed by atoms with Crippen LogP contribution >= 0.6 is 454 Å². The van der Waals surface area contributed by atoms with E-state index in [2.05, 4.69) is 181 Å². The van der Waals surface area contributed by atoms with Gasteiger partial charge in [0.2, 0.25) is 9.84 Å². The number of hydrogen-bond acceptors (Lipinski definition) is 2. The quantitative estimate of drug-likeness (QED) is 0.175. The SMILES string of the molecule is Cc1c(C(Cl)(I)I)c(C(Cl)(I)I)c(S(=O)(=O)c2c(C(Cl)(I)I)c(C(Cl)(I)I)c(C)c(C(Cl)(I)I)c2C(Cl)(I)I)c(C(Cl)(I)I)c1C(Cl)(I)I. The van der Waals surface area contributed by atoms with E-state index in [0.29, 0.717) is 33.4 Å². The maximum absolute atomic E-state index is 16.4. The van der Waals surface area contributed by atoms with Crippen LogP contribution in [-0.4, -0.2) is 8.42 Å². The van der Waals surface area contributed by atoms with Gasteiger partial charge in [-0.3, -0.25) is 0 Å². The predicted octanol–water partition coefficient (Wildman–Crippen LogP) is 20.9. The number of halogens is 24. The normalized spacial score (nSPS) is 14.9. The smallest absolute Gasteiger partial charge is 0.208 e. The van der Waals surface area contributed by atoms with Crippen molar-refractivity contribution < 1.29 is 8.42 Å². The second-order valence-corrected chi connectivity index (χ2v) is 68.4. The molecule has 0 bridgehead atoms. The molecule has 2 nitrogen and oxygen atoms in total. The Kier molecular flexibility index (Phi) is 23.8. The van der Waals surface area contributed by atoms with Crippen molar-refractivity contribution in [1.29, 1.82) is 0 Å². The van der Waals surface area contributed by atoms with Gasteiger partial charge in [-0.25, -0.2) is 8.42 Å². The molecule has 0 aliphatic carbocycles. The van der Waals surface area contributed by atoms with Gasteiger partial charge in [-0.2, -0.15) is 0 Å². The van der Waals surface area contributed by atoms with Gasteiger partial charge < -0.3 is 0 Å². The molecule has 0 heterocycles. The van der Waals surface area contributed by atoms with Crippen LogP contribution in [0.25, 0.3) is 0 Å². The molecular weight excluding hydrogens is 2640 g/mol. The highest BCUT2D eigenvalue weighted by molar-refractivity contribution is 14.2. The van der Waals surface area contributed by atoms with Gasteiger partial charge in [-0.05, 0) is 386 Å². The van der Waals surface area contributed by atoms with Gasteiger partial charge in [-0.1, -0.05) is 92.8 Å². The number of rotatable bonds is 10. The molecule has 2 aromatic carbocycles. The molecule has 2 rings (SSSR count). The molecule has 49 heavy (non-hydrogen) atoms. The van der Waals surface area contributed by atoms with E-state index < -0.39 is 16.9 Å².